The number of hydrogen-bond donors (Lipinski definition) is 1. The summed E-state index contributed by atoms with van der Waals surface area (Å²) >= 11 is 0. The molecule has 0 heterocycles. The molecule has 0 amide bonds. The van der Waals surface area contributed by atoms with Crippen LogP contribution in [0.2, 0.25) is 0 Å². The molecule has 2 nitrogen and oxygen atoms in total. The maximum absolute atomic E-state index is 5.59. The average molecular weight is 174 g/mol. The van der Waals surface area contributed by atoms with Gasteiger partial charge in [0, 0.05) is 12.7 Å². The third-order valence-electron chi connectivity index (χ3n) is 1.67. The van der Waals surface area contributed by atoms with Gasteiger partial charge in [0.1, 0.15) is 0 Å². The van der Waals surface area contributed by atoms with Gasteiger partial charge in [0.05, 0.1) is 5.71 Å². The maximum Gasteiger partial charge on any atom is 0.0660 e. The Bertz CT molecular complexity index is 319. The molecular formula is C11H14N2. The monoisotopic (exact) mass is 174 g/mol. The van der Waals surface area contributed by atoms with E-state index < -0.39 is 0 Å². The van der Waals surface area contributed by atoms with Crippen LogP contribution in [-0.4, -0.2) is 12.8 Å². The average Bonchev–Trinajstić information content (AvgIpc) is 2.15. The zero-order valence-corrected chi connectivity index (χ0v) is 7.99. The number of nitrogens with two attached hydrogens (primary N) is 1. The molecule has 0 aliphatic heterocycles. The summed E-state index contributed by atoms with van der Waals surface area (Å²) in [4.78, 5) is 4.16. The van der Waals surface area contributed by atoms with E-state index in [0.717, 1.165) is 17.0 Å². The summed E-state index contributed by atoms with van der Waals surface area (Å²) in [5.41, 5.74) is 8.36. The van der Waals surface area contributed by atoms with Crippen molar-refractivity contribution < 1.29 is 0 Å². The molecule has 0 spiro atoms. The summed E-state index contributed by atoms with van der Waals surface area (Å²) < 4.78 is 0. The van der Waals surface area contributed by atoms with Crippen LogP contribution in [0.4, 0.5) is 0 Å². The van der Waals surface area contributed by atoms with Crippen molar-refractivity contribution in [1.82, 2.24) is 0 Å². The Hall–Kier alpha value is -1.57. The van der Waals surface area contributed by atoms with Gasteiger partial charge < -0.3 is 5.73 Å². The lowest BCUT2D eigenvalue weighted by atomic mass is 10.1. The van der Waals surface area contributed by atoms with Crippen LogP contribution in [0.3, 0.4) is 0 Å². The van der Waals surface area contributed by atoms with E-state index in [1.54, 1.807) is 7.05 Å². The molecule has 0 atom stereocenters. The van der Waals surface area contributed by atoms with Crippen LogP contribution in [0.5, 0.6) is 0 Å². The molecule has 0 saturated heterocycles. The van der Waals surface area contributed by atoms with E-state index in [4.69, 9.17) is 5.73 Å². The Kier molecular flexibility index (Phi) is 3.26. The lowest BCUT2D eigenvalue weighted by molar-refractivity contribution is 1.31. The van der Waals surface area contributed by atoms with E-state index in [-0.39, 0.29) is 0 Å². The summed E-state index contributed by atoms with van der Waals surface area (Å²) in [6.07, 6.45) is 1.87. The number of allylic oxidation sites excluding steroid dienone is 2. The first-order valence-corrected chi connectivity index (χ1v) is 4.20. The summed E-state index contributed by atoms with van der Waals surface area (Å²) in [6, 6.07) is 9.99. The van der Waals surface area contributed by atoms with E-state index in [1.807, 2.05) is 43.3 Å². The summed E-state index contributed by atoms with van der Waals surface area (Å²) in [7, 11) is 1.77. The molecule has 1 aromatic carbocycles. The highest BCUT2D eigenvalue weighted by Crippen LogP contribution is 2.02. The molecule has 0 radical (unpaired) electrons. The molecular weight excluding hydrogens is 160 g/mol. The third kappa shape index (κ3) is 2.75. The van der Waals surface area contributed by atoms with Crippen molar-refractivity contribution in [2.45, 2.75) is 6.92 Å². The Morgan fingerprint density at radius 2 is 1.92 bits per heavy atom. The highest BCUT2D eigenvalue weighted by molar-refractivity contribution is 6.08. The Morgan fingerprint density at radius 1 is 1.31 bits per heavy atom. The van der Waals surface area contributed by atoms with Crippen LogP contribution in [0.25, 0.3) is 0 Å². The fourth-order valence-electron chi connectivity index (χ4n) is 1.10. The summed E-state index contributed by atoms with van der Waals surface area (Å²) in [6.45, 7) is 1.86. The van der Waals surface area contributed by atoms with Crippen molar-refractivity contribution in [1.29, 1.82) is 0 Å². The molecule has 0 bridgehead atoms. The topological polar surface area (TPSA) is 38.4 Å². The maximum atomic E-state index is 5.59. The van der Waals surface area contributed by atoms with Gasteiger partial charge in [0.15, 0.2) is 0 Å². The van der Waals surface area contributed by atoms with Gasteiger partial charge in [-0.25, -0.2) is 0 Å². The molecule has 0 unspecified atom stereocenters. The highest BCUT2D eigenvalue weighted by Gasteiger charge is 1.96. The highest BCUT2D eigenvalue weighted by atomic mass is 14.7. The molecule has 0 fully saturated rings. The molecule has 13 heavy (non-hydrogen) atoms. The van der Waals surface area contributed by atoms with E-state index >= 15 is 0 Å². The van der Waals surface area contributed by atoms with Gasteiger partial charge in [-0.2, -0.15) is 0 Å². The van der Waals surface area contributed by atoms with Crippen molar-refractivity contribution in [3.63, 3.8) is 0 Å². The minimum absolute atomic E-state index is 0.768. The Morgan fingerprint density at radius 3 is 2.38 bits per heavy atom. The van der Waals surface area contributed by atoms with E-state index in [0.29, 0.717) is 0 Å². The molecule has 0 aliphatic rings. The van der Waals surface area contributed by atoms with Crippen molar-refractivity contribution >= 4 is 5.71 Å². The normalized spacial score (nSPS) is 13.1. The lowest BCUT2D eigenvalue weighted by Crippen LogP contribution is -2.01. The molecule has 0 saturated carbocycles. The van der Waals surface area contributed by atoms with Crippen molar-refractivity contribution in [2.24, 2.45) is 10.7 Å². The first-order valence-electron chi connectivity index (χ1n) is 4.20. The van der Waals surface area contributed by atoms with Gasteiger partial charge in [-0.3, -0.25) is 4.99 Å². The predicted molar refractivity (Wildman–Crippen MR) is 56.8 cm³/mol. The molecule has 1 rings (SSSR count). The second kappa shape index (κ2) is 4.45. The van der Waals surface area contributed by atoms with Gasteiger partial charge in [-0.1, -0.05) is 30.3 Å². The van der Waals surface area contributed by atoms with Crippen LogP contribution in [0, 0.1) is 0 Å². The molecule has 1 aromatic rings. The lowest BCUT2D eigenvalue weighted by Gasteiger charge is -2.00. The third-order valence-corrected chi connectivity index (χ3v) is 1.67. The molecule has 2 heteroatoms. The zero-order valence-electron chi connectivity index (χ0n) is 7.99. The predicted octanol–water partition coefficient (Wildman–Crippen LogP) is 1.97. The van der Waals surface area contributed by atoms with Gasteiger partial charge in [-0.05, 0) is 18.6 Å². The number of nitrogens with zero attached hydrogens (tertiary/aromatic N) is 1. The SMILES string of the molecule is CN=C(/C=C(/C)N)c1ccccc1. The largest absolute Gasteiger partial charge is 0.402 e. The standard InChI is InChI=1S/C11H14N2/c1-9(12)8-11(13-2)10-6-4-3-5-7-10/h3-8H,12H2,1-2H3/b9-8-,13-11?. The minimum Gasteiger partial charge on any atom is -0.402 e. The quantitative estimate of drug-likeness (QED) is 0.684. The number of benzene rings is 1. The number of aliphatic imine (C=N–C) groups is 1. The smallest absolute Gasteiger partial charge is 0.0660 e. The molecule has 0 aromatic heterocycles. The Balaban J connectivity index is 3.00. The fraction of sp³-hybridized carbons (Fsp3) is 0.182. The zero-order chi connectivity index (χ0) is 9.68. The van der Waals surface area contributed by atoms with Crippen LogP contribution < -0.4 is 5.73 Å². The number of rotatable bonds is 2. The van der Waals surface area contributed by atoms with Crippen LogP contribution >= 0.6 is 0 Å². The first-order chi connectivity index (χ1) is 6.24. The van der Waals surface area contributed by atoms with Gasteiger partial charge in [0.25, 0.3) is 0 Å². The number of hydrogen-bond acceptors (Lipinski definition) is 2. The minimum atomic E-state index is 0.768. The van der Waals surface area contributed by atoms with Crippen LogP contribution in [0.15, 0.2) is 47.1 Å². The van der Waals surface area contributed by atoms with Crippen LogP contribution in [0.1, 0.15) is 12.5 Å². The van der Waals surface area contributed by atoms with E-state index in [2.05, 4.69) is 4.99 Å². The summed E-state index contributed by atoms with van der Waals surface area (Å²) in [5, 5.41) is 0. The molecule has 2 N–H and O–H groups in total. The summed E-state index contributed by atoms with van der Waals surface area (Å²) in [5.74, 6) is 0. The van der Waals surface area contributed by atoms with Gasteiger partial charge in [0.2, 0.25) is 0 Å². The fourth-order valence-corrected chi connectivity index (χ4v) is 1.10. The molecule has 0 aliphatic carbocycles. The molecule has 68 valence electrons. The van der Waals surface area contributed by atoms with Crippen molar-refractivity contribution in [3.8, 4) is 0 Å². The first kappa shape index (κ1) is 9.52. The van der Waals surface area contributed by atoms with E-state index in [1.165, 1.54) is 0 Å². The second-order valence-electron chi connectivity index (χ2n) is 2.86. The van der Waals surface area contributed by atoms with Gasteiger partial charge in [-0.15, -0.1) is 0 Å². The van der Waals surface area contributed by atoms with Crippen molar-refractivity contribution in [3.05, 3.63) is 47.7 Å². The van der Waals surface area contributed by atoms with Crippen molar-refractivity contribution in [2.75, 3.05) is 7.05 Å². The van der Waals surface area contributed by atoms with Crippen LogP contribution in [-0.2, 0) is 0 Å². The van der Waals surface area contributed by atoms with Gasteiger partial charge >= 0.3 is 0 Å². The Labute approximate surface area is 78.8 Å². The second-order valence-corrected chi connectivity index (χ2v) is 2.86. The van der Waals surface area contributed by atoms with E-state index in [9.17, 15) is 0 Å².